The van der Waals surface area contributed by atoms with Crippen LogP contribution in [0.1, 0.15) is 17.2 Å². The van der Waals surface area contributed by atoms with E-state index in [4.69, 9.17) is 14.2 Å². The molecule has 0 saturated heterocycles. The lowest BCUT2D eigenvalue weighted by Crippen LogP contribution is -2.45. The zero-order chi connectivity index (χ0) is 20.3. The minimum Gasteiger partial charge on any atom is -0.504 e. The van der Waals surface area contributed by atoms with Gasteiger partial charge in [-0.3, -0.25) is 0 Å². The fourth-order valence-corrected chi connectivity index (χ4v) is 3.05. The summed E-state index contributed by atoms with van der Waals surface area (Å²) in [4.78, 5) is 25.0. The Bertz CT molecular complexity index is 936. The van der Waals surface area contributed by atoms with E-state index >= 15 is 0 Å². The summed E-state index contributed by atoms with van der Waals surface area (Å²) in [6.45, 7) is 0. The molecule has 1 unspecified atom stereocenters. The van der Waals surface area contributed by atoms with Gasteiger partial charge in [0.1, 0.15) is 5.75 Å². The summed E-state index contributed by atoms with van der Waals surface area (Å²) < 4.78 is 15.2. The number of rotatable bonds is 5. The second kappa shape index (κ2) is 7.91. The highest BCUT2D eigenvalue weighted by Crippen LogP contribution is 2.39. The SMILES string of the molecule is COC(=O)C1=C(c2ccc(OC)cc2)NC(=O)NC1c1cccc(OC)c1O. The second-order valence-electron chi connectivity index (χ2n) is 5.94. The number of hydrogen-bond acceptors (Lipinski definition) is 6. The Kier molecular flexibility index (Phi) is 5.39. The highest BCUT2D eigenvalue weighted by molar-refractivity contribution is 6.04. The molecule has 146 valence electrons. The third-order valence-corrected chi connectivity index (χ3v) is 4.42. The van der Waals surface area contributed by atoms with Gasteiger partial charge in [-0.05, 0) is 35.9 Å². The van der Waals surface area contributed by atoms with E-state index in [0.29, 0.717) is 16.9 Å². The van der Waals surface area contributed by atoms with Crippen molar-refractivity contribution in [3.63, 3.8) is 0 Å². The van der Waals surface area contributed by atoms with Crippen LogP contribution in [0.2, 0.25) is 0 Å². The molecule has 0 aliphatic carbocycles. The van der Waals surface area contributed by atoms with E-state index in [0.717, 1.165) is 0 Å². The van der Waals surface area contributed by atoms with E-state index in [1.165, 1.54) is 14.2 Å². The van der Waals surface area contributed by atoms with Crippen molar-refractivity contribution < 1.29 is 28.9 Å². The first-order valence-corrected chi connectivity index (χ1v) is 8.40. The van der Waals surface area contributed by atoms with Crippen molar-refractivity contribution in [2.24, 2.45) is 0 Å². The molecule has 0 saturated carbocycles. The van der Waals surface area contributed by atoms with E-state index in [1.807, 2.05) is 0 Å². The first-order chi connectivity index (χ1) is 13.5. The Morgan fingerprint density at radius 1 is 1.04 bits per heavy atom. The first kappa shape index (κ1) is 19.1. The van der Waals surface area contributed by atoms with Crippen molar-refractivity contribution in [1.29, 1.82) is 0 Å². The molecule has 1 aliphatic rings. The molecule has 0 fully saturated rings. The first-order valence-electron chi connectivity index (χ1n) is 8.40. The number of phenols is 1. The lowest BCUT2D eigenvalue weighted by atomic mass is 9.92. The highest BCUT2D eigenvalue weighted by atomic mass is 16.5. The zero-order valence-electron chi connectivity index (χ0n) is 15.6. The number of phenolic OH excluding ortho intramolecular Hbond substituents is 1. The maximum absolute atomic E-state index is 12.6. The third-order valence-electron chi connectivity index (χ3n) is 4.42. The van der Waals surface area contributed by atoms with Gasteiger partial charge in [-0.1, -0.05) is 12.1 Å². The van der Waals surface area contributed by atoms with Gasteiger partial charge in [0.25, 0.3) is 0 Å². The molecular weight excluding hydrogens is 364 g/mol. The summed E-state index contributed by atoms with van der Waals surface area (Å²) in [6.07, 6.45) is 0. The van der Waals surface area contributed by atoms with Crippen LogP contribution in [0.15, 0.2) is 48.0 Å². The van der Waals surface area contributed by atoms with Gasteiger partial charge in [0.15, 0.2) is 11.5 Å². The van der Waals surface area contributed by atoms with Crippen LogP contribution in [0.5, 0.6) is 17.2 Å². The monoisotopic (exact) mass is 384 g/mol. The third kappa shape index (κ3) is 3.44. The van der Waals surface area contributed by atoms with Gasteiger partial charge in [0, 0.05) is 5.56 Å². The van der Waals surface area contributed by atoms with Gasteiger partial charge in [-0.25, -0.2) is 9.59 Å². The second-order valence-corrected chi connectivity index (χ2v) is 5.94. The van der Waals surface area contributed by atoms with E-state index in [-0.39, 0.29) is 22.8 Å². The largest absolute Gasteiger partial charge is 0.504 e. The number of esters is 1. The molecule has 0 bridgehead atoms. The molecular formula is C20H20N2O6. The summed E-state index contributed by atoms with van der Waals surface area (Å²) in [5.74, 6) is 0.0323. The molecule has 1 atom stereocenters. The molecule has 0 spiro atoms. The number of carbonyl (C=O) groups excluding carboxylic acids is 2. The topological polar surface area (TPSA) is 106 Å². The molecule has 0 radical (unpaired) electrons. The quantitative estimate of drug-likeness (QED) is 0.684. The Labute approximate surface area is 161 Å². The fourth-order valence-electron chi connectivity index (χ4n) is 3.05. The number of benzene rings is 2. The van der Waals surface area contributed by atoms with Crippen LogP contribution in [0.3, 0.4) is 0 Å². The van der Waals surface area contributed by atoms with Crippen LogP contribution < -0.4 is 20.1 Å². The van der Waals surface area contributed by atoms with Crippen LogP contribution >= 0.6 is 0 Å². The van der Waals surface area contributed by atoms with Gasteiger partial charge in [-0.2, -0.15) is 0 Å². The van der Waals surface area contributed by atoms with Gasteiger partial charge in [-0.15, -0.1) is 0 Å². The van der Waals surface area contributed by atoms with Crippen molar-refractivity contribution in [3.05, 3.63) is 59.2 Å². The van der Waals surface area contributed by atoms with Gasteiger partial charge in [0.2, 0.25) is 0 Å². The van der Waals surface area contributed by atoms with Gasteiger partial charge < -0.3 is 30.0 Å². The number of carbonyl (C=O) groups is 2. The Balaban J connectivity index is 2.20. The van der Waals surface area contributed by atoms with Crippen molar-refractivity contribution in [3.8, 4) is 17.2 Å². The van der Waals surface area contributed by atoms with Gasteiger partial charge >= 0.3 is 12.0 Å². The smallest absolute Gasteiger partial charge is 0.338 e. The molecule has 2 amide bonds. The van der Waals surface area contributed by atoms with Gasteiger partial charge in [0.05, 0.1) is 38.6 Å². The Hall–Kier alpha value is -3.68. The van der Waals surface area contributed by atoms with Crippen molar-refractivity contribution in [2.45, 2.75) is 6.04 Å². The molecule has 1 aliphatic heterocycles. The van der Waals surface area contributed by atoms with Crippen LogP contribution in [-0.4, -0.2) is 38.4 Å². The van der Waals surface area contributed by atoms with Crippen LogP contribution in [0.25, 0.3) is 5.70 Å². The van der Waals surface area contributed by atoms with Crippen LogP contribution in [0, 0.1) is 0 Å². The molecule has 3 N–H and O–H groups in total. The summed E-state index contributed by atoms with van der Waals surface area (Å²) in [5, 5.41) is 15.9. The number of methoxy groups -OCH3 is 3. The summed E-state index contributed by atoms with van der Waals surface area (Å²) in [5.41, 5.74) is 1.32. The minimum atomic E-state index is -0.937. The predicted molar refractivity (Wildman–Crippen MR) is 101 cm³/mol. The number of nitrogens with one attached hydrogen (secondary N) is 2. The lowest BCUT2D eigenvalue weighted by Gasteiger charge is -2.30. The Morgan fingerprint density at radius 3 is 2.36 bits per heavy atom. The van der Waals surface area contributed by atoms with E-state index in [9.17, 15) is 14.7 Å². The van der Waals surface area contributed by atoms with Crippen molar-refractivity contribution >= 4 is 17.7 Å². The molecule has 8 nitrogen and oxygen atoms in total. The van der Waals surface area contributed by atoms with Crippen molar-refractivity contribution in [1.82, 2.24) is 10.6 Å². The van der Waals surface area contributed by atoms with E-state index in [2.05, 4.69) is 10.6 Å². The Morgan fingerprint density at radius 2 is 1.75 bits per heavy atom. The summed E-state index contributed by atoms with van der Waals surface area (Å²) in [7, 11) is 4.21. The van der Waals surface area contributed by atoms with Crippen molar-refractivity contribution in [2.75, 3.05) is 21.3 Å². The fraction of sp³-hybridized carbons (Fsp3) is 0.200. The number of ether oxygens (including phenoxy) is 3. The average Bonchev–Trinajstić information content (AvgIpc) is 2.72. The molecule has 0 aromatic heterocycles. The minimum absolute atomic E-state index is 0.149. The van der Waals surface area contributed by atoms with E-state index < -0.39 is 18.0 Å². The number of urea groups is 1. The summed E-state index contributed by atoms with van der Waals surface area (Å²) >= 11 is 0. The highest BCUT2D eigenvalue weighted by Gasteiger charge is 2.36. The standard InChI is InChI=1S/C20H20N2O6/c1-26-12-9-7-11(8-10-12)16-15(19(24)28-3)17(22-20(25)21-16)13-5-4-6-14(27-2)18(13)23/h4-10,17,23H,1-3H3,(H2,21,22,25). The molecule has 8 heteroatoms. The molecule has 28 heavy (non-hydrogen) atoms. The molecule has 1 heterocycles. The predicted octanol–water partition coefficient (Wildman–Crippen LogP) is 2.35. The van der Waals surface area contributed by atoms with Crippen LogP contribution in [0.4, 0.5) is 4.79 Å². The number of para-hydroxylation sites is 1. The zero-order valence-corrected chi connectivity index (χ0v) is 15.6. The molecule has 2 aromatic rings. The number of aromatic hydroxyl groups is 1. The van der Waals surface area contributed by atoms with E-state index in [1.54, 1.807) is 49.6 Å². The maximum Gasteiger partial charge on any atom is 0.338 e. The molecule has 3 rings (SSSR count). The number of hydrogen-bond donors (Lipinski definition) is 3. The molecule has 2 aromatic carbocycles. The summed E-state index contributed by atoms with van der Waals surface area (Å²) in [6, 6.07) is 10.2. The maximum atomic E-state index is 12.6. The normalized spacial score (nSPS) is 16.1. The van der Waals surface area contributed by atoms with Crippen LogP contribution in [-0.2, 0) is 9.53 Å². The average molecular weight is 384 g/mol. The number of amides is 2. The lowest BCUT2D eigenvalue weighted by molar-refractivity contribution is -0.136.